The van der Waals surface area contributed by atoms with Gasteiger partial charge in [0.1, 0.15) is 0 Å². The van der Waals surface area contributed by atoms with Crippen molar-refractivity contribution >= 4 is 46.5 Å². The topological polar surface area (TPSA) is 87.3 Å². The minimum absolute atomic E-state index is 0.109. The molecule has 0 bridgehead atoms. The predicted octanol–water partition coefficient (Wildman–Crippen LogP) is 4.89. The van der Waals surface area contributed by atoms with Crippen LogP contribution in [0.2, 0.25) is 0 Å². The first-order chi connectivity index (χ1) is 14.5. The number of rotatable bonds is 7. The Morgan fingerprint density at radius 2 is 1.33 bits per heavy atom. The van der Waals surface area contributed by atoms with Crippen LogP contribution < -0.4 is 16.0 Å². The highest BCUT2D eigenvalue weighted by Crippen LogP contribution is 2.26. The molecule has 1 fully saturated rings. The molecule has 1 aliphatic rings. The quantitative estimate of drug-likeness (QED) is 0.551. The Morgan fingerprint density at radius 1 is 0.800 bits per heavy atom. The van der Waals surface area contributed by atoms with Crippen molar-refractivity contribution in [1.29, 1.82) is 0 Å². The average Bonchev–Trinajstić information content (AvgIpc) is 2.75. The molecule has 30 heavy (non-hydrogen) atoms. The summed E-state index contributed by atoms with van der Waals surface area (Å²) in [6, 6.07) is 14.6. The van der Waals surface area contributed by atoms with Crippen molar-refractivity contribution < 1.29 is 14.4 Å². The molecule has 0 unspecified atom stereocenters. The number of benzene rings is 2. The molecule has 0 aliphatic heterocycles. The Kier molecular flexibility index (Phi) is 7.90. The molecule has 2 aromatic rings. The van der Waals surface area contributed by atoms with Crippen LogP contribution in [0.4, 0.5) is 17.1 Å². The largest absolute Gasteiger partial charge is 0.326 e. The maximum atomic E-state index is 12.3. The van der Waals surface area contributed by atoms with Crippen molar-refractivity contribution in [2.75, 3.05) is 21.7 Å². The fourth-order valence-electron chi connectivity index (χ4n) is 3.43. The minimum Gasteiger partial charge on any atom is -0.326 e. The van der Waals surface area contributed by atoms with Crippen LogP contribution >= 0.6 is 11.8 Å². The molecule has 1 saturated carbocycles. The molecule has 0 atom stereocenters. The number of thioether (sulfide) groups is 1. The lowest BCUT2D eigenvalue weighted by Crippen LogP contribution is -2.24. The van der Waals surface area contributed by atoms with Gasteiger partial charge in [-0.25, -0.2) is 0 Å². The zero-order valence-corrected chi connectivity index (χ0v) is 17.9. The third kappa shape index (κ3) is 6.91. The first kappa shape index (κ1) is 21.9. The summed E-state index contributed by atoms with van der Waals surface area (Å²) in [5, 5.41) is 8.52. The standard InChI is InChI=1S/C23H27N3O3S/c1-16(27)24-18-7-9-19(10-8-18)25-22(28)15-30-21-13-11-20(12-14-21)26-23(29)17-5-3-2-4-6-17/h7-14,17H,2-6,15H2,1H3,(H,24,27)(H,25,28)(H,26,29). The molecular formula is C23H27N3O3S. The molecule has 6 nitrogen and oxygen atoms in total. The number of amides is 3. The summed E-state index contributed by atoms with van der Waals surface area (Å²) in [4.78, 5) is 36.5. The van der Waals surface area contributed by atoms with E-state index in [4.69, 9.17) is 0 Å². The highest BCUT2D eigenvalue weighted by molar-refractivity contribution is 8.00. The Bertz CT molecular complexity index is 876. The third-order valence-electron chi connectivity index (χ3n) is 4.96. The van der Waals surface area contributed by atoms with Crippen LogP contribution in [0.5, 0.6) is 0 Å². The summed E-state index contributed by atoms with van der Waals surface area (Å²) in [5.41, 5.74) is 2.15. The number of nitrogens with one attached hydrogen (secondary N) is 3. The van der Waals surface area contributed by atoms with Crippen LogP contribution in [0.1, 0.15) is 39.0 Å². The van der Waals surface area contributed by atoms with Gasteiger partial charge < -0.3 is 16.0 Å². The average molecular weight is 426 g/mol. The lowest BCUT2D eigenvalue weighted by atomic mass is 9.88. The number of carbonyl (C=O) groups is 3. The molecule has 7 heteroatoms. The van der Waals surface area contributed by atoms with Gasteiger partial charge in [0.2, 0.25) is 17.7 Å². The Morgan fingerprint density at radius 3 is 1.93 bits per heavy atom. The van der Waals surface area contributed by atoms with E-state index >= 15 is 0 Å². The van der Waals surface area contributed by atoms with Crippen LogP contribution in [0.15, 0.2) is 53.4 Å². The van der Waals surface area contributed by atoms with Gasteiger partial charge in [-0.3, -0.25) is 14.4 Å². The molecule has 2 aromatic carbocycles. The maximum Gasteiger partial charge on any atom is 0.234 e. The van der Waals surface area contributed by atoms with E-state index in [9.17, 15) is 14.4 Å². The van der Waals surface area contributed by atoms with Gasteiger partial charge in [-0.2, -0.15) is 0 Å². The van der Waals surface area contributed by atoms with Gasteiger partial charge in [0, 0.05) is 34.8 Å². The minimum atomic E-state index is -0.136. The number of anilines is 3. The predicted molar refractivity (Wildman–Crippen MR) is 122 cm³/mol. The molecule has 3 amide bonds. The normalized spacial score (nSPS) is 14.0. The van der Waals surface area contributed by atoms with E-state index in [1.807, 2.05) is 24.3 Å². The second kappa shape index (κ2) is 10.8. The van der Waals surface area contributed by atoms with E-state index in [0.29, 0.717) is 11.4 Å². The zero-order valence-electron chi connectivity index (χ0n) is 17.1. The smallest absolute Gasteiger partial charge is 0.234 e. The van der Waals surface area contributed by atoms with Crippen LogP contribution in [0.3, 0.4) is 0 Å². The highest BCUT2D eigenvalue weighted by atomic mass is 32.2. The van der Waals surface area contributed by atoms with E-state index in [-0.39, 0.29) is 29.4 Å². The van der Waals surface area contributed by atoms with Gasteiger partial charge >= 0.3 is 0 Å². The second-order valence-corrected chi connectivity index (χ2v) is 8.49. The molecule has 1 aliphatic carbocycles. The number of carbonyl (C=O) groups excluding carboxylic acids is 3. The Labute approximate surface area is 181 Å². The summed E-state index contributed by atoms with van der Waals surface area (Å²) in [6.07, 6.45) is 5.45. The van der Waals surface area contributed by atoms with Crippen molar-refractivity contribution in [2.45, 2.75) is 43.9 Å². The van der Waals surface area contributed by atoms with Gasteiger partial charge in [-0.1, -0.05) is 19.3 Å². The van der Waals surface area contributed by atoms with E-state index in [0.717, 1.165) is 36.3 Å². The summed E-state index contributed by atoms with van der Waals surface area (Å²) in [5.74, 6) is 0.272. The van der Waals surface area contributed by atoms with Crippen molar-refractivity contribution in [3.05, 3.63) is 48.5 Å². The summed E-state index contributed by atoms with van der Waals surface area (Å²) in [6.45, 7) is 1.45. The van der Waals surface area contributed by atoms with E-state index in [1.54, 1.807) is 24.3 Å². The molecule has 3 N–H and O–H groups in total. The van der Waals surface area contributed by atoms with Gasteiger partial charge in [-0.05, 0) is 61.4 Å². The van der Waals surface area contributed by atoms with E-state index in [2.05, 4.69) is 16.0 Å². The van der Waals surface area contributed by atoms with Gasteiger partial charge in [0.15, 0.2) is 0 Å². The molecule has 158 valence electrons. The number of hydrogen-bond acceptors (Lipinski definition) is 4. The SMILES string of the molecule is CC(=O)Nc1ccc(NC(=O)CSc2ccc(NC(=O)C3CCCCC3)cc2)cc1. The van der Waals surface area contributed by atoms with Gasteiger partial charge in [0.05, 0.1) is 5.75 Å². The van der Waals surface area contributed by atoms with Crippen molar-refractivity contribution in [1.82, 2.24) is 0 Å². The number of hydrogen-bond donors (Lipinski definition) is 3. The van der Waals surface area contributed by atoms with Crippen LogP contribution in [-0.2, 0) is 14.4 Å². The fourth-order valence-corrected chi connectivity index (χ4v) is 4.13. The Balaban J connectivity index is 1.43. The van der Waals surface area contributed by atoms with Crippen molar-refractivity contribution in [3.63, 3.8) is 0 Å². The second-order valence-electron chi connectivity index (χ2n) is 7.44. The molecular weight excluding hydrogens is 398 g/mol. The highest BCUT2D eigenvalue weighted by Gasteiger charge is 2.20. The van der Waals surface area contributed by atoms with Crippen molar-refractivity contribution in [2.24, 2.45) is 5.92 Å². The molecule has 3 rings (SSSR count). The van der Waals surface area contributed by atoms with Gasteiger partial charge in [-0.15, -0.1) is 11.8 Å². The molecule has 0 spiro atoms. The molecule has 0 heterocycles. The maximum absolute atomic E-state index is 12.3. The summed E-state index contributed by atoms with van der Waals surface area (Å²) < 4.78 is 0. The molecule has 0 aromatic heterocycles. The lowest BCUT2D eigenvalue weighted by molar-refractivity contribution is -0.120. The monoisotopic (exact) mass is 425 g/mol. The molecule has 0 radical (unpaired) electrons. The first-order valence-corrected chi connectivity index (χ1v) is 11.2. The van der Waals surface area contributed by atoms with Gasteiger partial charge in [0.25, 0.3) is 0 Å². The first-order valence-electron chi connectivity index (χ1n) is 10.2. The van der Waals surface area contributed by atoms with E-state index in [1.165, 1.54) is 25.1 Å². The van der Waals surface area contributed by atoms with Crippen LogP contribution in [0.25, 0.3) is 0 Å². The summed E-state index contributed by atoms with van der Waals surface area (Å²) in [7, 11) is 0. The van der Waals surface area contributed by atoms with Crippen LogP contribution in [-0.4, -0.2) is 23.5 Å². The molecule has 0 saturated heterocycles. The third-order valence-corrected chi connectivity index (χ3v) is 5.97. The van der Waals surface area contributed by atoms with Crippen LogP contribution in [0, 0.1) is 5.92 Å². The lowest BCUT2D eigenvalue weighted by Gasteiger charge is -2.20. The zero-order chi connectivity index (χ0) is 21.3. The fraction of sp³-hybridized carbons (Fsp3) is 0.348. The van der Waals surface area contributed by atoms with E-state index < -0.39 is 0 Å². The summed E-state index contributed by atoms with van der Waals surface area (Å²) >= 11 is 1.43. The van der Waals surface area contributed by atoms with Crippen molar-refractivity contribution in [3.8, 4) is 0 Å². The Hall–Kier alpha value is -2.80.